The van der Waals surface area contributed by atoms with Gasteiger partial charge in [-0.2, -0.15) is 0 Å². The molecule has 41 heavy (non-hydrogen) atoms. The Morgan fingerprint density at radius 1 is 0.561 bits per heavy atom. The third-order valence-corrected chi connectivity index (χ3v) is 12.7. The Kier molecular flexibility index (Phi) is 16.4. The summed E-state index contributed by atoms with van der Waals surface area (Å²) in [5.74, 6) is 0. The average molecular weight is 643 g/mol. The van der Waals surface area contributed by atoms with Crippen LogP contribution < -0.4 is 0 Å². The van der Waals surface area contributed by atoms with Crippen molar-refractivity contribution in [3.8, 4) is 0 Å². The Morgan fingerprint density at radius 2 is 0.854 bits per heavy atom. The molecule has 0 atom stereocenters. The monoisotopic (exact) mass is 642 g/mol. The van der Waals surface area contributed by atoms with Gasteiger partial charge >= 0.3 is 23.2 Å². The Bertz CT molecular complexity index is 960. The van der Waals surface area contributed by atoms with Crippen LogP contribution in [0.1, 0.15) is 65.8 Å². The molecule has 0 fully saturated rings. The second-order valence-corrected chi connectivity index (χ2v) is 15.0. The van der Waals surface area contributed by atoms with Crippen LogP contribution in [0.25, 0.3) is 0 Å². The second kappa shape index (κ2) is 18.3. The predicted octanol–water partition coefficient (Wildman–Crippen LogP) is 6.32. The van der Waals surface area contributed by atoms with Gasteiger partial charge in [-0.15, -0.1) is 0 Å². The zero-order chi connectivity index (χ0) is 30.4. The van der Waals surface area contributed by atoms with Crippen molar-refractivity contribution < 1.29 is 40.8 Å². The molecule has 0 amide bonds. The van der Waals surface area contributed by atoms with Gasteiger partial charge < -0.3 is 0 Å². The molecule has 0 N–H and O–H groups in total. The van der Waals surface area contributed by atoms with E-state index in [1.54, 1.807) is 55.6 Å². The van der Waals surface area contributed by atoms with E-state index in [9.17, 15) is 13.7 Å². The molecule has 0 unspecified atom stereocenters. The largest absolute Gasteiger partial charge is 0.408 e. The minimum Gasteiger partial charge on any atom is -0.297 e. The number of hydrogen-bond acceptors (Lipinski definition) is 10. The molecular formula is C25H49N4O9P3. The number of aromatic nitrogens is 1. The van der Waals surface area contributed by atoms with Crippen LogP contribution in [-0.4, -0.2) is 84.8 Å². The first-order chi connectivity index (χ1) is 19.6. The van der Waals surface area contributed by atoms with Crippen molar-refractivity contribution in [2.45, 2.75) is 67.5 Å². The fourth-order valence-electron chi connectivity index (χ4n) is 4.46. The third kappa shape index (κ3) is 10.9. The molecule has 0 saturated heterocycles. The van der Waals surface area contributed by atoms with E-state index in [0.717, 1.165) is 0 Å². The standard InChI is InChI=1S/C25H49N4O9P3/c1-7-33-39(30,34-8-2)27-18-14-20-28(40(31,35-9-3)36-10-4)22-24-16-13-17-25(26-24)23-29(21-15-19-27)41(32,37-11-5)38-12-6/h13,16-17H,7-12,14-15,18-23H2,1-6H3. The summed E-state index contributed by atoms with van der Waals surface area (Å²) in [6.07, 6.45) is 0.933. The molecule has 1 aliphatic rings. The van der Waals surface area contributed by atoms with Crippen molar-refractivity contribution >= 4 is 23.2 Å². The molecule has 2 rings (SSSR count). The highest BCUT2D eigenvalue weighted by Gasteiger charge is 2.38. The molecule has 0 aliphatic carbocycles. The first-order valence-electron chi connectivity index (χ1n) is 14.5. The first-order valence-corrected chi connectivity index (χ1v) is 19.0. The highest BCUT2D eigenvalue weighted by Crippen LogP contribution is 2.55. The van der Waals surface area contributed by atoms with E-state index in [-0.39, 0.29) is 52.7 Å². The van der Waals surface area contributed by atoms with E-state index in [2.05, 4.69) is 0 Å². The maximum atomic E-state index is 13.9. The van der Waals surface area contributed by atoms with E-state index in [0.29, 0.717) is 50.4 Å². The number of fused-ring (bicyclic) bond motifs is 2. The van der Waals surface area contributed by atoms with Crippen LogP contribution in [0.4, 0.5) is 0 Å². The minimum atomic E-state index is -3.65. The zero-order valence-electron chi connectivity index (χ0n) is 25.4. The van der Waals surface area contributed by atoms with Gasteiger partial charge in [0.1, 0.15) is 0 Å². The lowest BCUT2D eigenvalue weighted by Gasteiger charge is -2.34. The lowest BCUT2D eigenvalue weighted by Crippen LogP contribution is -2.33. The topological polar surface area (TPSA) is 129 Å². The van der Waals surface area contributed by atoms with Crippen molar-refractivity contribution in [1.29, 1.82) is 0 Å². The smallest absolute Gasteiger partial charge is 0.297 e. The Balaban J connectivity index is 2.56. The second-order valence-electron chi connectivity index (χ2n) is 8.97. The van der Waals surface area contributed by atoms with E-state index < -0.39 is 23.2 Å². The van der Waals surface area contributed by atoms with Gasteiger partial charge in [0, 0.05) is 26.2 Å². The van der Waals surface area contributed by atoms with Gasteiger partial charge in [-0.1, -0.05) is 6.07 Å². The van der Waals surface area contributed by atoms with Gasteiger partial charge in [0.2, 0.25) is 0 Å². The molecule has 2 bridgehead atoms. The molecule has 1 aliphatic heterocycles. The highest BCUT2D eigenvalue weighted by molar-refractivity contribution is 7.51. The lowest BCUT2D eigenvalue weighted by atomic mass is 10.2. The fraction of sp³-hybridized carbons (Fsp3) is 0.800. The Labute approximate surface area is 245 Å². The van der Waals surface area contributed by atoms with Crippen LogP contribution in [0, 0.1) is 0 Å². The summed E-state index contributed by atoms with van der Waals surface area (Å²) in [6, 6.07) is 5.54. The molecule has 16 heteroatoms. The van der Waals surface area contributed by atoms with E-state index in [4.69, 9.17) is 32.1 Å². The predicted molar refractivity (Wildman–Crippen MR) is 158 cm³/mol. The quantitative estimate of drug-likeness (QED) is 0.198. The number of pyridine rings is 1. The van der Waals surface area contributed by atoms with Crippen molar-refractivity contribution in [3.05, 3.63) is 29.6 Å². The summed E-state index contributed by atoms with van der Waals surface area (Å²) in [5.41, 5.74) is 1.29. The van der Waals surface area contributed by atoms with Crippen LogP contribution in [-0.2, 0) is 53.9 Å². The number of nitrogens with zero attached hydrogens (tertiary/aromatic N) is 4. The SMILES string of the molecule is CCOP(=O)(OCC)N1CCCN(P(=O)(OCC)OCC)Cc2cccc(n2)CN(P(=O)(OCC)OCC)CCC1. The van der Waals surface area contributed by atoms with Crippen LogP contribution in [0.3, 0.4) is 0 Å². The van der Waals surface area contributed by atoms with Crippen LogP contribution >= 0.6 is 23.2 Å². The molecule has 238 valence electrons. The number of hydrogen-bond donors (Lipinski definition) is 0. The van der Waals surface area contributed by atoms with E-state index in [1.807, 2.05) is 18.2 Å². The molecule has 1 aromatic heterocycles. The fourth-order valence-corrected chi connectivity index (χ4v) is 9.81. The summed E-state index contributed by atoms with van der Waals surface area (Å²) in [4.78, 5) is 4.79. The van der Waals surface area contributed by atoms with Crippen molar-refractivity contribution in [3.63, 3.8) is 0 Å². The van der Waals surface area contributed by atoms with Crippen LogP contribution in [0.15, 0.2) is 18.2 Å². The van der Waals surface area contributed by atoms with E-state index in [1.165, 1.54) is 0 Å². The van der Waals surface area contributed by atoms with Crippen LogP contribution in [0.2, 0.25) is 0 Å². The van der Waals surface area contributed by atoms with Gasteiger partial charge in [0.05, 0.1) is 64.1 Å². The van der Waals surface area contributed by atoms with Crippen molar-refractivity contribution in [2.24, 2.45) is 0 Å². The summed E-state index contributed by atoms with van der Waals surface area (Å²) < 4.78 is 80.6. The molecular weight excluding hydrogens is 593 g/mol. The minimum absolute atomic E-state index is 0.189. The van der Waals surface area contributed by atoms with Gasteiger partial charge in [0.15, 0.2) is 0 Å². The summed E-state index contributed by atoms with van der Waals surface area (Å²) in [5, 5.41) is 0. The molecule has 0 spiro atoms. The lowest BCUT2D eigenvalue weighted by molar-refractivity contribution is 0.149. The van der Waals surface area contributed by atoms with Crippen molar-refractivity contribution in [2.75, 3.05) is 65.8 Å². The normalized spacial score (nSPS) is 17.9. The van der Waals surface area contributed by atoms with Gasteiger partial charge in [-0.25, -0.2) is 27.7 Å². The molecule has 0 radical (unpaired) electrons. The Morgan fingerprint density at radius 3 is 1.17 bits per heavy atom. The first kappa shape index (κ1) is 36.7. The summed E-state index contributed by atoms with van der Waals surface area (Å²) in [6.45, 7) is 13.5. The number of rotatable bonds is 15. The van der Waals surface area contributed by atoms with E-state index >= 15 is 0 Å². The van der Waals surface area contributed by atoms with Gasteiger partial charge in [0.25, 0.3) is 0 Å². The average Bonchev–Trinajstić information content (AvgIpc) is 2.91. The summed E-state index contributed by atoms with van der Waals surface area (Å²) in [7, 11) is -10.9. The molecule has 0 aromatic carbocycles. The van der Waals surface area contributed by atoms with Gasteiger partial charge in [-0.05, 0) is 66.5 Å². The zero-order valence-corrected chi connectivity index (χ0v) is 28.1. The highest BCUT2D eigenvalue weighted by atomic mass is 31.2. The molecule has 0 saturated carbocycles. The Hall–Kier alpha value is -0.520. The third-order valence-electron chi connectivity index (χ3n) is 6.01. The van der Waals surface area contributed by atoms with Crippen molar-refractivity contribution in [1.82, 2.24) is 19.0 Å². The van der Waals surface area contributed by atoms with Crippen LogP contribution in [0.5, 0.6) is 0 Å². The molecule has 13 nitrogen and oxygen atoms in total. The van der Waals surface area contributed by atoms with Gasteiger partial charge in [-0.3, -0.25) is 32.1 Å². The molecule has 2 heterocycles. The molecule has 1 aromatic rings. The maximum absolute atomic E-state index is 13.9. The summed E-state index contributed by atoms with van der Waals surface area (Å²) >= 11 is 0. The maximum Gasteiger partial charge on any atom is 0.408 e.